The number of aromatic nitrogens is 1. The number of hydrogen-bond acceptors (Lipinski definition) is 4. The predicted molar refractivity (Wildman–Crippen MR) is 115 cm³/mol. The number of nitrogens with one attached hydrogen (secondary N) is 1. The first-order valence-corrected chi connectivity index (χ1v) is 9.83. The number of aromatic amines is 1. The number of H-pyrrole nitrogens is 1. The number of nitrogens with zero attached hydrogens (tertiary/aromatic N) is 1. The topological polar surface area (TPSA) is 74.7 Å². The standard InChI is InChI=1S/C22H19ClF4N2O3/c1-12(13-6-8-15(23)19(24)20(13)32-2)10-21(31,22(25,26)27)11-28-16-4-3-5-17-14(16)7-9-18(30)29-17/h3-9,11-12,31H,10H2,1-2H3,(H,29,30). The van der Waals surface area contributed by atoms with E-state index in [-0.39, 0.29) is 27.6 Å². The van der Waals surface area contributed by atoms with Crippen LogP contribution < -0.4 is 10.3 Å². The normalized spacial score (nSPS) is 15.1. The van der Waals surface area contributed by atoms with Crippen molar-refractivity contribution < 1.29 is 27.4 Å². The third-order valence-electron chi connectivity index (χ3n) is 5.08. The number of rotatable bonds is 6. The van der Waals surface area contributed by atoms with Crippen molar-refractivity contribution in [3.05, 3.63) is 69.2 Å². The van der Waals surface area contributed by atoms with Crippen LogP contribution in [0.25, 0.3) is 10.9 Å². The maximum absolute atomic E-state index is 14.2. The summed E-state index contributed by atoms with van der Waals surface area (Å²) in [4.78, 5) is 17.9. The molecule has 170 valence electrons. The number of pyridine rings is 1. The average Bonchev–Trinajstić information content (AvgIpc) is 2.72. The van der Waals surface area contributed by atoms with E-state index >= 15 is 0 Å². The van der Waals surface area contributed by atoms with E-state index in [4.69, 9.17) is 16.3 Å². The number of methoxy groups -OCH3 is 1. The fourth-order valence-corrected chi connectivity index (χ4v) is 3.57. The molecule has 5 nitrogen and oxygen atoms in total. The van der Waals surface area contributed by atoms with Gasteiger partial charge in [0.25, 0.3) is 0 Å². The molecule has 10 heteroatoms. The Balaban J connectivity index is 2.00. The van der Waals surface area contributed by atoms with Crippen molar-refractivity contribution in [2.75, 3.05) is 7.11 Å². The number of hydrogen-bond donors (Lipinski definition) is 2. The van der Waals surface area contributed by atoms with Crippen LogP contribution >= 0.6 is 11.6 Å². The number of aliphatic hydroxyl groups is 1. The Kier molecular flexibility index (Phi) is 6.61. The van der Waals surface area contributed by atoms with E-state index in [1.165, 1.54) is 50.4 Å². The van der Waals surface area contributed by atoms with Gasteiger partial charge in [0.1, 0.15) is 0 Å². The molecule has 0 amide bonds. The van der Waals surface area contributed by atoms with Gasteiger partial charge in [-0.1, -0.05) is 30.7 Å². The molecule has 2 atom stereocenters. The molecule has 0 saturated carbocycles. The van der Waals surface area contributed by atoms with Crippen molar-refractivity contribution in [2.24, 2.45) is 4.99 Å². The van der Waals surface area contributed by atoms with Crippen LogP contribution in [-0.2, 0) is 0 Å². The lowest BCUT2D eigenvalue weighted by Gasteiger charge is -2.30. The lowest BCUT2D eigenvalue weighted by Crippen LogP contribution is -2.47. The fourth-order valence-electron chi connectivity index (χ4n) is 3.42. The van der Waals surface area contributed by atoms with Crippen LogP contribution in [0.2, 0.25) is 5.02 Å². The van der Waals surface area contributed by atoms with Gasteiger partial charge >= 0.3 is 6.18 Å². The Labute approximate surface area is 185 Å². The zero-order valence-corrected chi connectivity index (χ0v) is 17.8. The molecule has 0 spiro atoms. The minimum Gasteiger partial charge on any atom is -0.493 e. The smallest absolute Gasteiger partial charge is 0.422 e. The Hall–Kier alpha value is -2.91. The van der Waals surface area contributed by atoms with Gasteiger partial charge in [-0.25, -0.2) is 4.39 Å². The fraction of sp³-hybridized carbons (Fsp3) is 0.273. The molecule has 1 aromatic heterocycles. The SMILES string of the molecule is COc1c(C(C)CC(O)(C=Nc2cccc3[nH]c(=O)ccc23)C(F)(F)F)ccc(Cl)c1F. The lowest BCUT2D eigenvalue weighted by atomic mass is 9.86. The van der Waals surface area contributed by atoms with Crippen molar-refractivity contribution >= 4 is 34.4 Å². The summed E-state index contributed by atoms with van der Waals surface area (Å²) in [6, 6.07) is 9.76. The number of alkyl halides is 3. The van der Waals surface area contributed by atoms with Gasteiger partial charge < -0.3 is 14.8 Å². The van der Waals surface area contributed by atoms with Crippen molar-refractivity contribution in [3.8, 4) is 5.75 Å². The zero-order valence-electron chi connectivity index (χ0n) is 17.0. The number of halogens is 5. The summed E-state index contributed by atoms with van der Waals surface area (Å²) in [7, 11) is 1.17. The molecule has 32 heavy (non-hydrogen) atoms. The van der Waals surface area contributed by atoms with Crippen LogP contribution in [0.15, 0.2) is 52.3 Å². The highest BCUT2D eigenvalue weighted by atomic mass is 35.5. The maximum atomic E-state index is 14.2. The van der Waals surface area contributed by atoms with Gasteiger partial charge in [0.2, 0.25) is 5.56 Å². The Morgan fingerprint density at radius 2 is 1.94 bits per heavy atom. The first-order valence-electron chi connectivity index (χ1n) is 9.45. The molecule has 3 rings (SSSR count). The monoisotopic (exact) mass is 470 g/mol. The molecule has 1 heterocycles. The highest BCUT2D eigenvalue weighted by molar-refractivity contribution is 6.30. The Bertz CT molecular complexity index is 1230. The summed E-state index contributed by atoms with van der Waals surface area (Å²) < 4.78 is 60.8. The molecular formula is C22H19ClF4N2O3. The second kappa shape index (κ2) is 8.91. The van der Waals surface area contributed by atoms with E-state index in [0.717, 1.165) is 0 Å². The summed E-state index contributed by atoms with van der Waals surface area (Å²) in [5.74, 6) is -2.16. The Morgan fingerprint density at radius 1 is 1.22 bits per heavy atom. The third-order valence-corrected chi connectivity index (χ3v) is 5.38. The summed E-state index contributed by atoms with van der Waals surface area (Å²) in [5, 5.41) is 10.7. The average molecular weight is 471 g/mol. The highest BCUT2D eigenvalue weighted by Crippen LogP contribution is 2.41. The van der Waals surface area contributed by atoms with Gasteiger partial charge in [-0.2, -0.15) is 13.2 Å². The molecule has 2 unspecified atom stereocenters. The molecule has 3 aromatic rings. The van der Waals surface area contributed by atoms with Crippen LogP contribution in [0.3, 0.4) is 0 Å². The molecule has 0 aliphatic heterocycles. The van der Waals surface area contributed by atoms with Crippen molar-refractivity contribution in [3.63, 3.8) is 0 Å². The summed E-state index contributed by atoms with van der Waals surface area (Å²) in [6.45, 7) is 1.40. The van der Waals surface area contributed by atoms with Gasteiger partial charge in [0.05, 0.1) is 23.3 Å². The minimum absolute atomic E-state index is 0.119. The summed E-state index contributed by atoms with van der Waals surface area (Å²) in [5.41, 5.74) is -3.06. The largest absolute Gasteiger partial charge is 0.493 e. The molecular weight excluding hydrogens is 452 g/mol. The van der Waals surface area contributed by atoms with Gasteiger partial charge in [-0.3, -0.25) is 9.79 Å². The van der Waals surface area contributed by atoms with Gasteiger partial charge in [-0.15, -0.1) is 0 Å². The first kappa shape index (κ1) is 23.7. The van der Waals surface area contributed by atoms with Crippen molar-refractivity contribution in [1.82, 2.24) is 4.98 Å². The lowest BCUT2D eigenvalue weighted by molar-refractivity contribution is -0.231. The molecule has 2 aromatic carbocycles. The van der Waals surface area contributed by atoms with Gasteiger partial charge in [0.15, 0.2) is 17.2 Å². The molecule has 0 aliphatic rings. The van der Waals surface area contributed by atoms with E-state index in [1.807, 2.05) is 0 Å². The molecule has 2 N–H and O–H groups in total. The van der Waals surface area contributed by atoms with Crippen molar-refractivity contribution in [1.29, 1.82) is 0 Å². The van der Waals surface area contributed by atoms with Crippen LogP contribution in [0, 0.1) is 5.82 Å². The summed E-state index contributed by atoms with van der Waals surface area (Å²) in [6.07, 6.45) is -5.50. The summed E-state index contributed by atoms with van der Waals surface area (Å²) >= 11 is 5.72. The van der Waals surface area contributed by atoms with Crippen LogP contribution in [0.4, 0.5) is 23.2 Å². The second-order valence-electron chi connectivity index (χ2n) is 7.33. The highest BCUT2D eigenvalue weighted by Gasteiger charge is 2.53. The number of fused-ring (bicyclic) bond motifs is 1. The molecule has 0 aliphatic carbocycles. The van der Waals surface area contributed by atoms with E-state index in [2.05, 4.69) is 9.98 Å². The first-order chi connectivity index (χ1) is 15.0. The molecule has 0 radical (unpaired) electrons. The minimum atomic E-state index is -5.07. The van der Waals surface area contributed by atoms with E-state index < -0.39 is 29.9 Å². The quantitative estimate of drug-likeness (QED) is 0.368. The maximum Gasteiger partial charge on any atom is 0.422 e. The number of ether oxygens (including phenoxy) is 1. The van der Waals surface area contributed by atoms with Gasteiger partial charge in [-0.05, 0) is 36.6 Å². The molecule has 0 bridgehead atoms. The number of benzene rings is 2. The molecule has 0 saturated heterocycles. The number of aliphatic imine (C=N–C) groups is 1. The van der Waals surface area contributed by atoms with Crippen LogP contribution in [0.1, 0.15) is 24.8 Å². The van der Waals surface area contributed by atoms with E-state index in [1.54, 1.807) is 6.07 Å². The van der Waals surface area contributed by atoms with E-state index in [9.17, 15) is 27.5 Å². The second-order valence-corrected chi connectivity index (χ2v) is 7.74. The van der Waals surface area contributed by atoms with E-state index in [0.29, 0.717) is 17.1 Å². The van der Waals surface area contributed by atoms with Gasteiger partial charge in [0, 0.05) is 23.2 Å². The predicted octanol–water partition coefficient (Wildman–Crippen LogP) is 5.52. The zero-order chi connectivity index (χ0) is 23.7. The molecule has 0 fully saturated rings. The third kappa shape index (κ3) is 4.63. The van der Waals surface area contributed by atoms with Crippen molar-refractivity contribution in [2.45, 2.75) is 31.0 Å². The van der Waals surface area contributed by atoms with Crippen LogP contribution in [-0.4, -0.2) is 35.2 Å². The van der Waals surface area contributed by atoms with Crippen LogP contribution in [0.5, 0.6) is 5.75 Å². The Morgan fingerprint density at radius 3 is 2.59 bits per heavy atom.